The number of hydrogen-bond donors (Lipinski definition) is 2. The van der Waals surface area contributed by atoms with Gasteiger partial charge >= 0.3 is 0 Å². The summed E-state index contributed by atoms with van der Waals surface area (Å²) in [6, 6.07) is 10.5. The molecule has 12 heteroatoms. The first-order valence-electron chi connectivity index (χ1n) is 14.2. The second kappa shape index (κ2) is 11.5. The van der Waals surface area contributed by atoms with Crippen LogP contribution in [0.3, 0.4) is 0 Å². The van der Waals surface area contributed by atoms with Crippen molar-refractivity contribution < 1.29 is 27.6 Å². The number of halogens is 3. The van der Waals surface area contributed by atoms with Crippen LogP contribution in [-0.4, -0.2) is 30.8 Å². The van der Waals surface area contributed by atoms with E-state index in [1.807, 2.05) is 17.7 Å². The fraction of sp³-hybridized carbons (Fsp3) is 0.375. The van der Waals surface area contributed by atoms with Gasteiger partial charge in [0.05, 0.1) is 32.5 Å². The standard InChI is InChI=1S/C32H31Cl3N2O6S/c1-31(12-4-5-19(14-31)30(38)37-44(2,40)41)20-15-32(39,16-20)23-11-10-21(13-26(23)35)42-17-22-28(36-43-29(22)18-8-9-18)27-24(33)6-3-7-25(27)34/h3-7,10-13,18,20,39H,8-9,14-17H2,1-2H3,(H,37,38). The topological polar surface area (TPSA) is 119 Å². The van der Waals surface area contributed by atoms with Crippen LogP contribution in [0.2, 0.25) is 15.1 Å². The second-order valence-corrected chi connectivity index (χ2v) is 15.2. The third-order valence-electron chi connectivity index (χ3n) is 8.81. The van der Waals surface area contributed by atoms with Gasteiger partial charge in [-0.3, -0.25) is 4.79 Å². The van der Waals surface area contributed by atoms with Crippen LogP contribution < -0.4 is 9.46 Å². The molecule has 1 amide bonds. The summed E-state index contributed by atoms with van der Waals surface area (Å²) in [5, 5.41) is 17.1. The largest absolute Gasteiger partial charge is 0.489 e. The molecule has 0 radical (unpaired) electrons. The van der Waals surface area contributed by atoms with Crippen molar-refractivity contribution in [2.45, 2.75) is 57.2 Å². The van der Waals surface area contributed by atoms with Crippen LogP contribution >= 0.6 is 34.8 Å². The van der Waals surface area contributed by atoms with Crippen molar-refractivity contribution in [3.8, 4) is 17.0 Å². The summed E-state index contributed by atoms with van der Waals surface area (Å²) in [4.78, 5) is 12.5. The predicted molar refractivity (Wildman–Crippen MR) is 169 cm³/mol. The first kappa shape index (κ1) is 31.2. The van der Waals surface area contributed by atoms with Gasteiger partial charge in [0.25, 0.3) is 5.91 Å². The molecule has 232 valence electrons. The molecule has 1 unspecified atom stereocenters. The van der Waals surface area contributed by atoms with E-state index in [0.717, 1.165) is 30.4 Å². The number of sulfonamides is 1. The molecule has 1 aromatic heterocycles. The molecule has 0 spiro atoms. The smallest absolute Gasteiger partial charge is 0.260 e. The average molecular weight is 678 g/mol. The molecule has 3 aromatic rings. The molecule has 3 aliphatic carbocycles. The van der Waals surface area contributed by atoms with Crippen molar-refractivity contribution in [3.63, 3.8) is 0 Å². The summed E-state index contributed by atoms with van der Waals surface area (Å²) >= 11 is 19.7. The van der Waals surface area contributed by atoms with E-state index in [1.165, 1.54) is 0 Å². The molecule has 0 bridgehead atoms. The Morgan fingerprint density at radius 3 is 2.48 bits per heavy atom. The number of hydrogen-bond acceptors (Lipinski definition) is 7. The Balaban J connectivity index is 1.14. The van der Waals surface area contributed by atoms with Gasteiger partial charge in [-0.25, -0.2) is 13.1 Å². The zero-order valence-electron chi connectivity index (χ0n) is 24.1. The molecule has 2 aromatic carbocycles. The van der Waals surface area contributed by atoms with Crippen LogP contribution in [0.1, 0.15) is 61.8 Å². The Bertz CT molecular complexity index is 1790. The molecule has 2 N–H and O–H groups in total. The van der Waals surface area contributed by atoms with Gasteiger partial charge < -0.3 is 14.4 Å². The quantitative estimate of drug-likeness (QED) is 0.244. The number of carbonyl (C=O) groups excluding carboxylic acids is 1. The van der Waals surface area contributed by atoms with E-state index in [1.54, 1.807) is 48.6 Å². The minimum absolute atomic E-state index is 0.0509. The third-order valence-corrected chi connectivity index (χ3v) is 10.3. The molecule has 3 aliphatic rings. The van der Waals surface area contributed by atoms with Gasteiger partial charge in [-0.2, -0.15) is 0 Å². The maximum Gasteiger partial charge on any atom is 0.260 e. The SMILES string of the molecule is CC1(C2CC(O)(c3ccc(OCc4c(-c5c(Cl)cccc5Cl)noc4C4CC4)cc3Cl)C2)C=CC=C(C(=O)NS(C)(=O)=O)C1. The van der Waals surface area contributed by atoms with Crippen LogP contribution in [0.15, 0.2) is 64.7 Å². The van der Waals surface area contributed by atoms with E-state index in [0.29, 0.717) is 62.5 Å². The lowest BCUT2D eigenvalue weighted by Gasteiger charge is -2.52. The lowest BCUT2D eigenvalue weighted by molar-refractivity contribution is -0.118. The molecule has 1 atom stereocenters. The first-order chi connectivity index (χ1) is 20.8. The van der Waals surface area contributed by atoms with Gasteiger partial charge in [-0.1, -0.05) is 77.2 Å². The maximum absolute atomic E-state index is 12.5. The Kier molecular flexibility index (Phi) is 8.16. The molecule has 2 fully saturated rings. The van der Waals surface area contributed by atoms with E-state index >= 15 is 0 Å². The average Bonchev–Trinajstić information content (AvgIpc) is 3.69. The van der Waals surface area contributed by atoms with Crippen molar-refractivity contribution in [3.05, 3.63) is 92.2 Å². The van der Waals surface area contributed by atoms with Gasteiger partial charge in [-0.05, 0) is 67.7 Å². The van der Waals surface area contributed by atoms with Crippen molar-refractivity contribution in [1.82, 2.24) is 9.88 Å². The van der Waals surface area contributed by atoms with Crippen molar-refractivity contribution in [2.24, 2.45) is 11.3 Å². The number of carbonyl (C=O) groups is 1. The lowest BCUT2D eigenvalue weighted by Crippen LogP contribution is -2.48. The third kappa shape index (κ3) is 6.17. The minimum Gasteiger partial charge on any atom is -0.489 e. The van der Waals surface area contributed by atoms with Crippen LogP contribution in [0.5, 0.6) is 5.75 Å². The highest BCUT2D eigenvalue weighted by atomic mass is 35.5. The van der Waals surface area contributed by atoms with Gasteiger partial charge in [0.15, 0.2) is 0 Å². The summed E-state index contributed by atoms with van der Waals surface area (Å²) in [5.41, 5.74) is 1.35. The van der Waals surface area contributed by atoms with Crippen molar-refractivity contribution in [2.75, 3.05) is 6.26 Å². The lowest BCUT2D eigenvalue weighted by atomic mass is 9.55. The number of allylic oxidation sites excluding steroid dienone is 3. The van der Waals surface area contributed by atoms with Crippen LogP contribution in [0.25, 0.3) is 11.3 Å². The highest BCUT2D eigenvalue weighted by Crippen LogP contribution is 2.57. The Morgan fingerprint density at radius 2 is 1.84 bits per heavy atom. The van der Waals surface area contributed by atoms with E-state index in [-0.39, 0.29) is 18.4 Å². The van der Waals surface area contributed by atoms with Gasteiger partial charge in [0.1, 0.15) is 23.8 Å². The van der Waals surface area contributed by atoms with E-state index in [9.17, 15) is 18.3 Å². The predicted octanol–water partition coefficient (Wildman–Crippen LogP) is 7.32. The minimum atomic E-state index is -3.67. The molecular formula is C32H31Cl3N2O6S. The zero-order chi connectivity index (χ0) is 31.4. The number of benzene rings is 2. The van der Waals surface area contributed by atoms with Crippen molar-refractivity contribution >= 4 is 50.7 Å². The summed E-state index contributed by atoms with van der Waals surface area (Å²) in [7, 11) is -3.67. The highest BCUT2D eigenvalue weighted by molar-refractivity contribution is 7.89. The fourth-order valence-electron chi connectivity index (χ4n) is 6.19. The maximum atomic E-state index is 12.5. The molecule has 6 rings (SSSR count). The van der Waals surface area contributed by atoms with Crippen LogP contribution in [0, 0.1) is 11.3 Å². The number of ether oxygens (including phenoxy) is 1. The first-order valence-corrected chi connectivity index (χ1v) is 17.3. The Labute approximate surface area is 271 Å². The number of nitrogens with zero attached hydrogens (tertiary/aromatic N) is 1. The van der Waals surface area contributed by atoms with Crippen molar-refractivity contribution in [1.29, 1.82) is 0 Å². The van der Waals surface area contributed by atoms with E-state index in [4.69, 9.17) is 44.1 Å². The number of amides is 1. The Morgan fingerprint density at radius 1 is 1.14 bits per heavy atom. The Hall–Kier alpha value is -2.82. The normalized spacial score (nSPS) is 24.9. The fourth-order valence-corrected chi connectivity index (χ4v) is 7.58. The number of aromatic nitrogens is 1. The number of aliphatic hydroxyl groups is 1. The number of nitrogens with one attached hydrogen (secondary N) is 1. The molecular weight excluding hydrogens is 647 g/mol. The zero-order valence-corrected chi connectivity index (χ0v) is 27.2. The molecule has 0 saturated heterocycles. The molecule has 44 heavy (non-hydrogen) atoms. The monoisotopic (exact) mass is 676 g/mol. The molecule has 8 nitrogen and oxygen atoms in total. The summed E-state index contributed by atoms with van der Waals surface area (Å²) < 4.78 is 37.0. The van der Waals surface area contributed by atoms with Crippen LogP contribution in [-0.2, 0) is 27.0 Å². The molecule has 0 aliphatic heterocycles. The summed E-state index contributed by atoms with van der Waals surface area (Å²) in [5.74, 6) is 0.991. The summed E-state index contributed by atoms with van der Waals surface area (Å²) in [6.45, 7) is 2.18. The van der Waals surface area contributed by atoms with Gasteiger partial charge in [0, 0.05) is 22.6 Å². The summed E-state index contributed by atoms with van der Waals surface area (Å²) in [6.07, 6.45) is 9.61. The number of rotatable bonds is 9. The van der Waals surface area contributed by atoms with E-state index < -0.39 is 26.9 Å². The van der Waals surface area contributed by atoms with Gasteiger partial charge in [0.2, 0.25) is 10.0 Å². The second-order valence-electron chi connectivity index (χ2n) is 12.2. The van der Waals surface area contributed by atoms with E-state index in [2.05, 4.69) is 5.16 Å². The van der Waals surface area contributed by atoms with Gasteiger partial charge in [-0.15, -0.1) is 0 Å². The molecule has 2 saturated carbocycles. The highest BCUT2D eigenvalue weighted by Gasteiger charge is 2.52. The van der Waals surface area contributed by atoms with Crippen LogP contribution in [0.4, 0.5) is 0 Å². The molecule has 1 heterocycles.